The summed E-state index contributed by atoms with van der Waals surface area (Å²) in [6, 6.07) is 13.7. The lowest BCUT2D eigenvalue weighted by atomic mass is 10.1. The molecule has 0 bridgehead atoms. The monoisotopic (exact) mass is 429 g/mol. The van der Waals surface area contributed by atoms with Gasteiger partial charge in [0.15, 0.2) is 0 Å². The average Bonchev–Trinajstić information content (AvgIpc) is 3.51. The molecule has 0 atom stereocenters. The van der Waals surface area contributed by atoms with Crippen LogP contribution in [0.5, 0.6) is 0 Å². The molecule has 6 nitrogen and oxygen atoms in total. The second-order valence-electron chi connectivity index (χ2n) is 6.36. The van der Waals surface area contributed by atoms with Crippen molar-refractivity contribution < 1.29 is 14.4 Å². The summed E-state index contributed by atoms with van der Waals surface area (Å²) in [6.45, 7) is 0.793. The minimum Gasteiger partial charge on any atom is -0.354 e. The first kappa shape index (κ1) is 19.1. The number of carbonyl (C=O) groups excluding carboxylic acids is 3. The Morgan fingerprint density at radius 2 is 1.37 bits per heavy atom. The number of nitrogens with one attached hydrogen (secondary N) is 3. The number of hydrogen-bond acceptors (Lipinski definition) is 3. The number of amides is 3. The van der Waals surface area contributed by atoms with Crippen molar-refractivity contribution in [2.24, 2.45) is 5.92 Å². The first-order valence-electron chi connectivity index (χ1n) is 8.76. The van der Waals surface area contributed by atoms with Crippen LogP contribution in [0.15, 0.2) is 53.0 Å². The summed E-state index contributed by atoms with van der Waals surface area (Å²) in [5.41, 5.74) is 1.65. The summed E-state index contributed by atoms with van der Waals surface area (Å²) >= 11 is 3.33. The van der Waals surface area contributed by atoms with E-state index in [1.54, 1.807) is 48.5 Å². The van der Waals surface area contributed by atoms with Crippen LogP contribution in [-0.2, 0) is 4.79 Å². The molecule has 3 amide bonds. The Morgan fingerprint density at radius 3 is 2.00 bits per heavy atom. The SMILES string of the molecule is O=C(NCCNC(=O)C1CC1)c1ccc(NC(=O)c2ccc(Br)cc2)cc1. The Kier molecular flexibility index (Phi) is 6.24. The molecule has 140 valence electrons. The van der Waals surface area contributed by atoms with Gasteiger partial charge in [0.05, 0.1) is 0 Å². The number of rotatable bonds is 7. The maximum Gasteiger partial charge on any atom is 0.255 e. The molecule has 2 aromatic rings. The molecule has 3 rings (SSSR count). The van der Waals surface area contributed by atoms with E-state index in [4.69, 9.17) is 0 Å². The lowest BCUT2D eigenvalue weighted by Gasteiger charge is -2.08. The van der Waals surface area contributed by atoms with Crippen LogP contribution in [0.3, 0.4) is 0 Å². The average molecular weight is 430 g/mol. The number of carbonyl (C=O) groups is 3. The Hall–Kier alpha value is -2.67. The lowest BCUT2D eigenvalue weighted by molar-refractivity contribution is -0.122. The number of hydrogen-bond donors (Lipinski definition) is 3. The normalized spacial score (nSPS) is 12.9. The van der Waals surface area contributed by atoms with Gasteiger partial charge < -0.3 is 16.0 Å². The molecule has 0 radical (unpaired) electrons. The van der Waals surface area contributed by atoms with Gasteiger partial charge in [-0.1, -0.05) is 15.9 Å². The van der Waals surface area contributed by atoms with Gasteiger partial charge in [0.2, 0.25) is 5.91 Å². The molecule has 0 spiro atoms. The van der Waals surface area contributed by atoms with E-state index in [1.807, 2.05) is 0 Å². The van der Waals surface area contributed by atoms with E-state index in [9.17, 15) is 14.4 Å². The van der Waals surface area contributed by atoms with E-state index < -0.39 is 0 Å². The maximum absolute atomic E-state index is 12.2. The smallest absolute Gasteiger partial charge is 0.255 e. The summed E-state index contributed by atoms with van der Waals surface area (Å²) < 4.78 is 0.904. The number of benzene rings is 2. The lowest BCUT2D eigenvalue weighted by Crippen LogP contribution is -2.35. The Labute approximate surface area is 165 Å². The van der Waals surface area contributed by atoms with Gasteiger partial charge in [-0.3, -0.25) is 14.4 Å². The van der Waals surface area contributed by atoms with Crippen LogP contribution in [-0.4, -0.2) is 30.8 Å². The van der Waals surface area contributed by atoms with Gasteiger partial charge in [-0.15, -0.1) is 0 Å². The molecule has 27 heavy (non-hydrogen) atoms. The molecule has 1 fully saturated rings. The van der Waals surface area contributed by atoms with Crippen LogP contribution in [0.4, 0.5) is 5.69 Å². The van der Waals surface area contributed by atoms with Crippen LogP contribution < -0.4 is 16.0 Å². The van der Waals surface area contributed by atoms with Gasteiger partial charge in [0.1, 0.15) is 0 Å². The number of anilines is 1. The highest BCUT2D eigenvalue weighted by Gasteiger charge is 2.28. The van der Waals surface area contributed by atoms with Crippen molar-refractivity contribution in [2.75, 3.05) is 18.4 Å². The zero-order valence-electron chi connectivity index (χ0n) is 14.6. The van der Waals surface area contributed by atoms with E-state index in [-0.39, 0.29) is 23.6 Å². The van der Waals surface area contributed by atoms with Crippen molar-refractivity contribution in [1.29, 1.82) is 0 Å². The Balaban J connectivity index is 1.45. The van der Waals surface area contributed by atoms with Gasteiger partial charge in [-0.05, 0) is 61.4 Å². The Bertz CT molecular complexity index is 831. The molecule has 1 aliphatic rings. The third-order valence-corrected chi connectivity index (χ3v) is 4.70. The topological polar surface area (TPSA) is 87.3 Å². The van der Waals surface area contributed by atoms with Gasteiger partial charge >= 0.3 is 0 Å². The van der Waals surface area contributed by atoms with Crippen molar-refractivity contribution >= 4 is 39.3 Å². The standard InChI is InChI=1S/C20H20BrN3O3/c21-16-7-3-15(4-8-16)20(27)24-17-9-5-14(6-10-17)19(26)23-12-11-22-18(25)13-1-2-13/h3-10,13H,1-2,11-12H2,(H,22,25)(H,23,26)(H,24,27). The van der Waals surface area contributed by atoms with E-state index in [2.05, 4.69) is 31.9 Å². The molecule has 0 saturated heterocycles. The molecular weight excluding hydrogens is 410 g/mol. The van der Waals surface area contributed by atoms with Crippen LogP contribution in [0.2, 0.25) is 0 Å². The predicted octanol–water partition coefficient (Wildman–Crippen LogP) is 2.96. The zero-order valence-corrected chi connectivity index (χ0v) is 16.2. The van der Waals surface area contributed by atoms with Crippen molar-refractivity contribution in [3.63, 3.8) is 0 Å². The highest BCUT2D eigenvalue weighted by molar-refractivity contribution is 9.10. The second kappa shape index (κ2) is 8.81. The van der Waals surface area contributed by atoms with Crippen molar-refractivity contribution in [1.82, 2.24) is 10.6 Å². The largest absolute Gasteiger partial charge is 0.354 e. The minimum absolute atomic E-state index is 0.0649. The van der Waals surface area contributed by atoms with E-state index in [0.717, 1.165) is 17.3 Å². The summed E-state index contributed by atoms with van der Waals surface area (Å²) in [5.74, 6) is -0.205. The first-order chi connectivity index (χ1) is 13.0. The van der Waals surface area contributed by atoms with Crippen LogP contribution in [0.25, 0.3) is 0 Å². The Morgan fingerprint density at radius 1 is 0.815 bits per heavy atom. The van der Waals surface area contributed by atoms with Gasteiger partial charge in [-0.25, -0.2) is 0 Å². The molecular formula is C20H20BrN3O3. The third kappa shape index (κ3) is 5.65. The van der Waals surface area contributed by atoms with E-state index >= 15 is 0 Å². The van der Waals surface area contributed by atoms with E-state index in [1.165, 1.54) is 0 Å². The highest BCUT2D eigenvalue weighted by Crippen LogP contribution is 2.28. The van der Waals surface area contributed by atoms with Gasteiger partial charge in [-0.2, -0.15) is 0 Å². The molecule has 2 aromatic carbocycles. The molecule has 0 aliphatic heterocycles. The summed E-state index contributed by atoms with van der Waals surface area (Å²) in [4.78, 5) is 35.8. The molecule has 1 aliphatic carbocycles. The van der Waals surface area contributed by atoms with Crippen molar-refractivity contribution in [3.05, 3.63) is 64.1 Å². The van der Waals surface area contributed by atoms with Crippen molar-refractivity contribution in [3.8, 4) is 0 Å². The van der Waals surface area contributed by atoms with Crippen molar-refractivity contribution in [2.45, 2.75) is 12.8 Å². The molecule has 0 unspecified atom stereocenters. The highest BCUT2D eigenvalue weighted by atomic mass is 79.9. The molecule has 0 aromatic heterocycles. The quantitative estimate of drug-likeness (QED) is 0.591. The fourth-order valence-electron chi connectivity index (χ4n) is 2.46. The zero-order chi connectivity index (χ0) is 19.2. The predicted molar refractivity (Wildman–Crippen MR) is 107 cm³/mol. The van der Waals surface area contributed by atoms with Gasteiger partial charge in [0.25, 0.3) is 11.8 Å². The summed E-state index contributed by atoms with van der Waals surface area (Å²) in [6.07, 6.45) is 1.92. The number of halogens is 1. The van der Waals surface area contributed by atoms with Crippen LogP contribution >= 0.6 is 15.9 Å². The fraction of sp³-hybridized carbons (Fsp3) is 0.250. The fourth-order valence-corrected chi connectivity index (χ4v) is 2.73. The minimum atomic E-state index is -0.221. The molecule has 3 N–H and O–H groups in total. The molecule has 0 heterocycles. The van der Waals surface area contributed by atoms with Gasteiger partial charge in [0, 0.05) is 40.3 Å². The van der Waals surface area contributed by atoms with E-state index in [0.29, 0.717) is 29.9 Å². The van der Waals surface area contributed by atoms with Crippen LogP contribution in [0.1, 0.15) is 33.6 Å². The summed E-state index contributed by atoms with van der Waals surface area (Å²) in [7, 11) is 0. The second-order valence-corrected chi connectivity index (χ2v) is 7.28. The molecule has 1 saturated carbocycles. The molecule has 7 heteroatoms. The third-order valence-electron chi connectivity index (χ3n) is 4.17. The first-order valence-corrected chi connectivity index (χ1v) is 9.55. The maximum atomic E-state index is 12.2. The van der Waals surface area contributed by atoms with Crippen LogP contribution in [0, 0.1) is 5.92 Å². The summed E-state index contributed by atoms with van der Waals surface area (Å²) in [5, 5.41) is 8.35.